The number of nitrogens with one attached hydrogen (secondary N) is 1. The Bertz CT molecular complexity index is 916. The number of nitrogens with zero attached hydrogens (tertiary/aromatic N) is 1. The van der Waals surface area contributed by atoms with Gasteiger partial charge in [-0.05, 0) is 16.8 Å². The van der Waals surface area contributed by atoms with E-state index < -0.39 is 51.4 Å². The van der Waals surface area contributed by atoms with Crippen LogP contribution in [0.15, 0.2) is 49.1 Å². The number of aromatic carboxylic acids is 1. The van der Waals surface area contributed by atoms with Gasteiger partial charge < -0.3 is 44.4 Å². The van der Waals surface area contributed by atoms with E-state index in [1.54, 1.807) is 36.9 Å². The normalized spacial score (nSPS) is 10.8. The molecule has 0 radical (unpaired) electrons. The van der Waals surface area contributed by atoms with Crippen LogP contribution in [0, 0.1) is 0 Å². The Morgan fingerprint density at radius 2 is 1.44 bits per heavy atom. The van der Waals surface area contributed by atoms with Crippen molar-refractivity contribution < 1.29 is 117 Å². The Morgan fingerprint density at radius 1 is 1.03 bits per heavy atom. The molecule has 0 spiro atoms. The SMILES string of the molecule is O=C(O)CC(O)(CC(=O)O)C(=O)O.O=C([O-])c1ccccc1.O=S([O-])(O)=S.[Na+].[Na+].c1c[nH]cn1. The molecule has 1 unspecified atom stereocenters. The van der Waals surface area contributed by atoms with Gasteiger partial charge >= 0.3 is 77.0 Å². The monoisotopic (exact) mass is 540 g/mol. The van der Waals surface area contributed by atoms with Gasteiger partial charge in [-0.3, -0.25) is 9.59 Å². The van der Waals surface area contributed by atoms with Crippen molar-refractivity contribution in [2.75, 3.05) is 0 Å². The second kappa shape index (κ2) is 20.9. The molecule has 0 fully saturated rings. The summed E-state index contributed by atoms with van der Waals surface area (Å²) in [6.45, 7) is 0. The predicted octanol–water partition coefficient (Wildman–Crippen LogP) is -7.44. The summed E-state index contributed by atoms with van der Waals surface area (Å²) in [6.07, 6.45) is 2.79. The van der Waals surface area contributed by atoms with Crippen molar-refractivity contribution in [3.63, 3.8) is 0 Å². The molecule has 6 N–H and O–H groups in total. The minimum absolute atomic E-state index is 0. The van der Waals surface area contributed by atoms with Gasteiger partial charge in [-0.1, -0.05) is 30.3 Å². The first-order valence-electron chi connectivity index (χ1n) is 7.85. The Kier molecular flexibility index (Phi) is 24.4. The van der Waals surface area contributed by atoms with Gasteiger partial charge in [0.15, 0.2) is 5.60 Å². The fourth-order valence-electron chi connectivity index (χ4n) is 1.50. The van der Waals surface area contributed by atoms with Crippen LogP contribution in [-0.4, -0.2) is 73.2 Å². The number of benzene rings is 1. The molecule has 2 rings (SSSR count). The van der Waals surface area contributed by atoms with Gasteiger partial charge in [-0.15, -0.1) is 0 Å². The summed E-state index contributed by atoms with van der Waals surface area (Å²) in [6, 6.07) is 8.06. The van der Waals surface area contributed by atoms with Crippen molar-refractivity contribution in [3.8, 4) is 0 Å². The number of hydrogen-bond donors (Lipinski definition) is 6. The molecule has 1 aromatic carbocycles. The van der Waals surface area contributed by atoms with E-state index in [1.807, 2.05) is 0 Å². The van der Waals surface area contributed by atoms with E-state index in [0.717, 1.165) is 0 Å². The molecular formula is C16H18N2Na2O12S2. The minimum Gasteiger partial charge on any atom is -0.748 e. The van der Waals surface area contributed by atoms with Crippen molar-refractivity contribution >= 4 is 44.1 Å². The van der Waals surface area contributed by atoms with Gasteiger partial charge in [0.1, 0.15) is 0 Å². The number of aromatic nitrogens is 2. The summed E-state index contributed by atoms with van der Waals surface area (Å²) in [5.41, 5.74) is -2.52. The van der Waals surface area contributed by atoms with Crippen LogP contribution in [0.5, 0.6) is 0 Å². The van der Waals surface area contributed by atoms with E-state index in [-0.39, 0.29) is 64.7 Å². The summed E-state index contributed by atoms with van der Waals surface area (Å²) >= 11 is 3.35. The van der Waals surface area contributed by atoms with Crippen molar-refractivity contribution in [2.24, 2.45) is 0 Å². The molecule has 2 aromatic rings. The third-order valence-corrected chi connectivity index (χ3v) is 2.70. The number of imidazole rings is 1. The second-order valence-corrected chi connectivity index (χ2v) is 7.44. The molecule has 0 aliphatic carbocycles. The Labute approximate surface area is 242 Å². The molecular weight excluding hydrogens is 522 g/mol. The third kappa shape index (κ3) is 26.8. The average molecular weight is 540 g/mol. The molecule has 0 bridgehead atoms. The van der Waals surface area contributed by atoms with Crippen LogP contribution in [-0.2, 0) is 34.6 Å². The zero-order valence-electron chi connectivity index (χ0n) is 17.9. The quantitative estimate of drug-likeness (QED) is 0.186. The molecule has 1 heterocycles. The first-order chi connectivity index (χ1) is 14.6. The maximum atomic E-state index is 10.3. The Hall–Kier alpha value is -1.44. The van der Waals surface area contributed by atoms with E-state index in [2.05, 4.69) is 21.2 Å². The summed E-state index contributed by atoms with van der Waals surface area (Å²) in [7, 11) is -4.08. The average Bonchev–Trinajstić information content (AvgIpc) is 3.20. The van der Waals surface area contributed by atoms with Crippen LogP contribution in [0.1, 0.15) is 23.2 Å². The standard InChI is InChI=1S/C7H6O2.C6H8O7.C3H4N2.2Na.H2O3S2/c8-7(9)6-4-2-1-3-5-6;7-3(8)1-6(13,5(11)12)2-4(9)10;1-2-5-3-4-1;;;1-5(2,3)4/h1-5H,(H,8,9);13H,1-2H2,(H,7,8)(H,9,10)(H,11,12);1-3H,(H,4,5);;;(H2,1,2,3,4)/q;;;2*+1;/p-2. The third-order valence-electron chi connectivity index (χ3n) is 2.70. The molecule has 0 saturated carbocycles. The number of carboxylic acids is 4. The van der Waals surface area contributed by atoms with Gasteiger partial charge in [0, 0.05) is 12.4 Å². The Morgan fingerprint density at radius 3 is 1.62 bits per heavy atom. The number of aliphatic hydroxyl groups is 1. The van der Waals surface area contributed by atoms with Crippen LogP contribution < -0.4 is 64.2 Å². The van der Waals surface area contributed by atoms with Crippen molar-refractivity contribution in [2.45, 2.75) is 18.4 Å². The number of carbonyl (C=O) groups excluding carboxylic acids is 1. The second-order valence-electron chi connectivity index (χ2n) is 5.32. The fraction of sp³-hybridized carbons (Fsp3) is 0.188. The van der Waals surface area contributed by atoms with E-state index in [0.29, 0.717) is 0 Å². The maximum Gasteiger partial charge on any atom is 1.00 e. The molecule has 18 heteroatoms. The number of carboxylic acid groups (broad SMARTS) is 4. The number of aliphatic carboxylic acids is 3. The first kappa shape index (κ1) is 39.8. The molecule has 14 nitrogen and oxygen atoms in total. The van der Waals surface area contributed by atoms with Crippen molar-refractivity contribution in [3.05, 3.63) is 54.6 Å². The predicted molar refractivity (Wildman–Crippen MR) is 105 cm³/mol. The molecule has 1 aromatic heterocycles. The zero-order valence-corrected chi connectivity index (χ0v) is 23.5. The number of hydrogen-bond acceptors (Lipinski definition) is 10. The molecule has 0 aliphatic rings. The van der Waals surface area contributed by atoms with Crippen LogP contribution in [0.25, 0.3) is 0 Å². The number of carbonyl (C=O) groups is 4. The number of aromatic amines is 1. The summed E-state index contributed by atoms with van der Waals surface area (Å²) in [5, 5.41) is 43.9. The summed E-state index contributed by atoms with van der Waals surface area (Å²) in [5.74, 6) is -6.15. The largest absolute Gasteiger partial charge is 1.00 e. The summed E-state index contributed by atoms with van der Waals surface area (Å²) < 4.78 is 25.3. The topological polar surface area (TPSA) is 261 Å². The fourth-order valence-corrected chi connectivity index (χ4v) is 1.50. The summed E-state index contributed by atoms with van der Waals surface area (Å²) in [4.78, 5) is 47.0. The molecule has 0 amide bonds. The smallest absolute Gasteiger partial charge is 0.748 e. The van der Waals surface area contributed by atoms with Gasteiger partial charge in [-0.25, -0.2) is 14.0 Å². The molecule has 178 valence electrons. The van der Waals surface area contributed by atoms with Gasteiger partial charge in [0.2, 0.25) is 0 Å². The van der Waals surface area contributed by atoms with E-state index in [9.17, 15) is 24.3 Å². The Balaban J connectivity index is -0.000000186. The van der Waals surface area contributed by atoms with Crippen LogP contribution in [0.3, 0.4) is 0 Å². The molecule has 0 aliphatic heterocycles. The van der Waals surface area contributed by atoms with Crippen LogP contribution in [0.4, 0.5) is 0 Å². The van der Waals surface area contributed by atoms with Crippen molar-refractivity contribution in [1.29, 1.82) is 0 Å². The molecule has 34 heavy (non-hydrogen) atoms. The first-order valence-corrected chi connectivity index (χ1v) is 10.2. The van der Waals surface area contributed by atoms with Gasteiger partial charge in [0.05, 0.1) is 34.2 Å². The van der Waals surface area contributed by atoms with E-state index in [1.165, 1.54) is 12.1 Å². The minimum atomic E-state index is -4.08. The maximum absolute atomic E-state index is 10.3. The molecule has 0 saturated heterocycles. The van der Waals surface area contributed by atoms with Gasteiger partial charge in [0.25, 0.3) is 0 Å². The van der Waals surface area contributed by atoms with Gasteiger partial charge in [-0.2, -0.15) is 0 Å². The molecule has 1 atom stereocenters. The van der Waals surface area contributed by atoms with E-state index in [4.69, 9.17) is 33.7 Å². The van der Waals surface area contributed by atoms with Crippen LogP contribution >= 0.6 is 0 Å². The zero-order chi connectivity index (χ0) is 25.4. The number of rotatable bonds is 6. The van der Waals surface area contributed by atoms with Crippen LogP contribution in [0.2, 0.25) is 0 Å². The van der Waals surface area contributed by atoms with Crippen molar-refractivity contribution in [1.82, 2.24) is 9.97 Å². The van der Waals surface area contributed by atoms with E-state index >= 15 is 0 Å². The number of H-pyrrole nitrogens is 1.